The summed E-state index contributed by atoms with van der Waals surface area (Å²) in [6.07, 6.45) is -0.758. The lowest BCUT2D eigenvalue weighted by Crippen LogP contribution is -2.30. The highest BCUT2D eigenvalue weighted by Crippen LogP contribution is 2.28. The normalized spacial score (nSPS) is 11.4. The van der Waals surface area contributed by atoms with Crippen molar-refractivity contribution >= 4 is 34.8 Å². The van der Waals surface area contributed by atoms with Crippen LogP contribution in [0.4, 0.5) is 5.69 Å². The van der Waals surface area contributed by atoms with Gasteiger partial charge in [-0.05, 0) is 43.3 Å². The Labute approximate surface area is 138 Å². The zero-order chi connectivity index (χ0) is 16.1. The van der Waals surface area contributed by atoms with E-state index in [-0.39, 0.29) is 5.91 Å². The number of hydrogen-bond acceptors (Lipinski definition) is 3. The maximum absolute atomic E-state index is 12.1. The van der Waals surface area contributed by atoms with Gasteiger partial charge in [0.1, 0.15) is 5.75 Å². The van der Waals surface area contributed by atoms with E-state index in [4.69, 9.17) is 33.2 Å². The molecule has 2 rings (SSSR count). The molecule has 6 heteroatoms. The predicted molar refractivity (Wildman–Crippen MR) is 86.3 cm³/mol. The number of nitrogens with one attached hydrogen (secondary N) is 1. The molecule has 0 aliphatic rings. The molecule has 1 atom stereocenters. The first-order valence-corrected chi connectivity index (χ1v) is 7.18. The summed E-state index contributed by atoms with van der Waals surface area (Å²) in [6.45, 7) is 1.61. The van der Waals surface area contributed by atoms with E-state index in [1.165, 1.54) is 0 Å². The van der Waals surface area contributed by atoms with Gasteiger partial charge in [-0.1, -0.05) is 23.2 Å². The molecule has 0 aliphatic heterocycles. The first kappa shape index (κ1) is 16.2. The maximum atomic E-state index is 12.1. The average Bonchev–Trinajstić information content (AvgIpc) is 2.51. The van der Waals surface area contributed by atoms with Gasteiger partial charge in [-0.3, -0.25) is 4.79 Å². The van der Waals surface area contributed by atoms with Crippen LogP contribution in [-0.2, 0) is 4.79 Å². The summed E-state index contributed by atoms with van der Waals surface area (Å²) in [5.41, 5.74) is 1.10. The molecule has 22 heavy (non-hydrogen) atoms. The summed E-state index contributed by atoms with van der Waals surface area (Å²) < 4.78 is 5.52. The van der Waals surface area contributed by atoms with Crippen LogP contribution in [0.1, 0.15) is 12.5 Å². The van der Waals surface area contributed by atoms with Crippen molar-refractivity contribution in [2.24, 2.45) is 0 Å². The smallest absolute Gasteiger partial charge is 0.265 e. The molecular formula is C16H12Cl2N2O2. The molecule has 0 spiro atoms. The molecule has 0 aliphatic carbocycles. The second-order valence-electron chi connectivity index (χ2n) is 4.51. The Morgan fingerprint density at radius 2 is 1.91 bits per heavy atom. The Balaban J connectivity index is 2.02. The second kappa shape index (κ2) is 7.17. The van der Waals surface area contributed by atoms with Gasteiger partial charge >= 0.3 is 0 Å². The second-order valence-corrected chi connectivity index (χ2v) is 5.36. The number of amides is 1. The summed E-state index contributed by atoms with van der Waals surface area (Å²) in [6, 6.07) is 13.3. The monoisotopic (exact) mass is 334 g/mol. The molecule has 0 radical (unpaired) electrons. The molecule has 0 fully saturated rings. The van der Waals surface area contributed by atoms with E-state index in [1.807, 2.05) is 6.07 Å². The molecule has 0 aromatic heterocycles. The molecule has 2 aromatic rings. The van der Waals surface area contributed by atoms with Gasteiger partial charge < -0.3 is 10.1 Å². The van der Waals surface area contributed by atoms with Crippen LogP contribution >= 0.6 is 23.2 Å². The third-order valence-corrected chi connectivity index (χ3v) is 3.40. The van der Waals surface area contributed by atoms with Crippen LogP contribution in [0.25, 0.3) is 0 Å². The fourth-order valence-corrected chi connectivity index (χ4v) is 2.01. The number of anilines is 1. The molecular weight excluding hydrogens is 323 g/mol. The number of halogens is 2. The van der Waals surface area contributed by atoms with E-state index in [0.29, 0.717) is 27.0 Å². The summed E-state index contributed by atoms with van der Waals surface area (Å²) in [5.74, 6) is 0.0115. The predicted octanol–water partition coefficient (Wildman–Crippen LogP) is 4.27. The van der Waals surface area contributed by atoms with Gasteiger partial charge in [0.05, 0.1) is 16.7 Å². The number of hydrogen-bond donors (Lipinski definition) is 1. The summed E-state index contributed by atoms with van der Waals surface area (Å²) in [5, 5.41) is 12.3. The molecule has 2 aromatic carbocycles. The fourth-order valence-electron chi connectivity index (χ4n) is 1.68. The van der Waals surface area contributed by atoms with Crippen LogP contribution in [0.3, 0.4) is 0 Å². The number of carbonyl (C=O) groups is 1. The van der Waals surface area contributed by atoms with E-state index in [0.717, 1.165) is 0 Å². The van der Waals surface area contributed by atoms with Crippen LogP contribution in [0.5, 0.6) is 5.75 Å². The first-order valence-electron chi connectivity index (χ1n) is 6.42. The highest BCUT2D eigenvalue weighted by molar-refractivity contribution is 6.34. The van der Waals surface area contributed by atoms with Crippen molar-refractivity contribution in [1.82, 2.24) is 0 Å². The van der Waals surface area contributed by atoms with E-state index in [2.05, 4.69) is 5.32 Å². The number of benzene rings is 2. The highest BCUT2D eigenvalue weighted by Gasteiger charge is 2.16. The van der Waals surface area contributed by atoms with Crippen molar-refractivity contribution in [2.45, 2.75) is 13.0 Å². The van der Waals surface area contributed by atoms with Crippen molar-refractivity contribution in [3.63, 3.8) is 0 Å². The average molecular weight is 335 g/mol. The van der Waals surface area contributed by atoms with Crippen LogP contribution in [0.15, 0.2) is 42.5 Å². The lowest BCUT2D eigenvalue weighted by Gasteiger charge is -2.16. The Hall–Kier alpha value is -2.22. The van der Waals surface area contributed by atoms with Gasteiger partial charge in [0.15, 0.2) is 6.10 Å². The lowest BCUT2D eigenvalue weighted by atomic mass is 10.2. The minimum absolute atomic E-state index is 0.333. The van der Waals surface area contributed by atoms with Gasteiger partial charge in [0.25, 0.3) is 5.91 Å². The van der Waals surface area contributed by atoms with E-state index < -0.39 is 6.10 Å². The third-order valence-electron chi connectivity index (χ3n) is 2.85. The number of ether oxygens (including phenoxy) is 1. The molecule has 0 unspecified atom stereocenters. The van der Waals surface area contributed by atoms with E-state index >= 15 is 0 Å². The van der Waals surface area contributed by atoms with Gasteiger partial charge in [0.2, 0.25) is 0 Å². The van der Waals surface area contributed by atoms with Gasteiger partial charge in [-0.2, -0.15) is 5.26 Å². The zero-order valence-corrected chi connectivity index (χ0v) is 13.2. The topological polar surface area (TPSA) is 62.1 Å². The van der Waals surface area contributed by atoms with Crippen molar-refractivity contribution in [2.75, 3.05) is 5.32 Å². The van der Waals surface area contributed by atoms with Gasteiger partial charge in [-0.15, -0.1) is 0 Å². The Morgan fingerprint density at radius 1 is 1.23 bits per heavy atom. The SMILES string of the molecule is C[C@H](Oc1cc(Cl)ccc1Cl)C(=O)Nc1ccc(C#N)cc1. The molecule has 0 bridgehead atoms. The number of carbonyl (C=O) groups excluding carboxylic acids is 1. The molecule has 0 heterocycles. The van der Waals surface area contributed by atoms with Crippen molar-refractivity contribution in [3.05, 3.63) is 58.1 Å². The highest BCUT2D eigenvalue weighted by atomic mass is 35.5. The number of nitrogens with zero attached hydrogens (tertiary/aromatic N) is 1. The summed E-state index contributed by atoms with van der Waals surface area (Å²) in [4.78, 5) is 12.1. The van der Waals surface area contributed by atoms with Crippen molar-refractivity contribution < 1.29 is 9.53 Å². The summed E-state index contributed by atoms with van der Waals surface area (Å²) >= 11 is 11.9. The molecule has 112 valence electrons. The van der Waals surface area contributed by atoms with E-state index in [9.17, 15) is 4.79 Å². The molecule has 0 saturated heterocycles. The van der Waals surface area contributed by atoms with Gasteiger partial charge in [0, 0.05) is 16.8 Å². The quantitative estimate of drug-likeness (QED) is 0.907. The number of rotatable bonds is 4. The van der Waals surface area contributed by atoms with Crippen molar-refractivity contribution in [1.29, 1.82) is 5.26 Å². The molecule has 0 saturated carbocycles. The summed E-state index contributed by atoms with van der Waals surface area (Å²) in [7, 11) is 0. The standard InChI is InChI=1S/C16H12Cl2N2O2/c1-10(22-15-8-12(17)4-7-14(15)18)16(21)20-13-5-2-11(9-19)3-6-13/h2-8,10H,1H3,(H,20,21)/t10-/m0/s1. The molecule has 1 N–H and O–H groups in total. The van der Waals surface area contributed by atoms with E-state index in [1.54, 1.807) is 49.4 Å². The molecule has 4 nitrogen and oxygen atoms in total. The minimum Gasteiger partial charge on any atom is -0.479 e. The minimum atomic E-state index is -0.758. The molecule has 1 amide bonds. The third kappa shape index (κ3) is 4.14. The largest absolute Gasteiger partial charge is 0.479 e. The first-order chi connectivity index (χ1) is 10.5. The van der Waals surface area contributed by atoms with Crippen LogP contribution < -0.4 is 10.1 Å². The zero-order valence-electron chi connectivity index (χ0n) is 11.6. The Morgan fingerprint density at radius 3 is 2.55 bits per heavy atom. The Kier molecular flexibility index (Phi) is 5.26. The van der Waals surface area contributed by atoms with Crippen LogP contribution in [0, 0.1) is 11.3 Å². The fraction of sp³-hybridized carbons (Fsp3) is 0.125. The maximum Gasteiger partial charge on any atom is 0.265 e. The van der Waals surface area contributed by atoms with Crippen molar-refractivity contribution in [3.8, 4) is 11.8 Å². The Bertz CT molecular complexity index is 724. The van der Waals surface area contributed by atoms with Crippen LogP contribution in [-0.4, -0.2) is 12.0 Å². The van der Waals surface area contributed by atoms with Gasteiger partial charge in [-0.25, -0.2) is 0 Å². The lowest BCUT2D eigenvalue weighted by molar-refractivity contribution is -0.122. The van der Waals surface area contributed by atoms with Crippen LogP contribution in [0.2, 0.25) is 10.0 Å². The number of nitriles is 1.